The normalized spacial score (nSPS) is 16.1. The lowest BCUT2D eigenvalue weighted by molar-refractivity contribution is -0.138. The molecule has 0 atom stereocenters. The van der Waals surface area contributed by atoms with Crippen LogP contribution in [0.15, 0.2) is 69.8 Å². The fraction of sp³-hybridized carbons (Fsp3) is 0.250. The van der Waals surface area contributed by atoms with Gasteiger partial charge in [-0.05, 0) is 56.7 Å². The molecule has 7 heteroatoms. The Morgan fingerprint density at radius 1 is 1.00 bits per heavy atom. The Bertz CT molecular complexity index is 1030. The van der Waals surface area contributed by atoms with Crippen LogP contribution in [0.2, 0.25) is 0 Å². The van der Waals surface area contributed by atoms with Crippen molar-refractivity contribution >= 4 is 34.5 Å². The van der Waals surface area contributed by atoms with Crippen LogP contribution in [-0.4, -0.2) is 35.9 Å². The second kappa shape index (κ2) is 10.7. The van der Waals surface area contributed by atoms with Crippen LogP contribution in [0.4, 0.5) is 5.69 Å². The molecule has 0 unspecified atom stereocenters. The van der Waals surface area contributed by atoms with Gasteiger partial charge in [-0.25, -0.2) is 9.79 Å². The van der Waals surface area contributed by atoms with E-state index < -0.39 is 5.97 Å². The number of hydrogen-bond donors (Lipinski definition) is 1. The maximum Gasteiger partial charge on any atom is 0.344 e. The predicted molar refractivity (Wildman–Crippen MR) is 124 cm³/mol. The van der Waals surface area contributed by atoms with Gasteiger partial charge in [-0.15, -0.1) is 0 Å². The molecule has 31 heavy (non-hydrogen) atoms. The van der Waals surface area contributed by atoms with Gasteiger partial charge < -0.3 is 19.3 Å². The summed E-state index contributed by atoms with van der Waals surface area (Å²) in [5.74, 6) is 0.523. The molecular weight excluding hydrogens is 414 g/mol. The van der Waals surface area contributed by atoms with Gasteiger partial charge in [0.1, 0.15) is 16.4 Å². The fourth-order valence-corrected chi connectivity index (χ4v) is 3.96. The van der Waals surface area contributed by atoms with E-state index in [1.54, 1.807) is 13.0 Å². The van der Waals surface area contributed by atoms with Crippen LogP contribution in [0, 0.1) is 0 Å². The first kappa shape index (κ1) is 22.5. The number of carbonyl (C=O) groups is 1. The monoisotopic (exact) mass is 439 g/mol. The van der Waals surface area contributed by atoms with E-state index in [0.717, 1.165) is 5.56 Å². The zero-order valence-electron chi connectivity index (χ0n) is 17.8. The molecule has 0 bridgehead atoms. The largest absolute Gasteiger partial charge is 0.506 e. The van der Waals surface area contributed by atoms with Gasteiger partial charge in [0.05, 0.1) is 30.4 Å². The topological polar surface area (TPSA) is 77.4 Å². The van der Waals surface area contributed by atoms with E-state index in [0.29, 0.717) is 40.3 Å². The molecule has 1 N–H and O–H groups in total. The Morgan fingerprint density at radius 2 is 1.71 bits per heavy atom. The molecule has 1 aliphatic heterocycles. The predicted octanol–water partition coefficient (Wildman–Crippen LogP) is 5.68. The lowest BCUT2D eigenvalue weighted by Gasteiger charge is -2.11. The molecule has 1 aliphatic rings. The van der Waals surface area contributed by atoms with Crippen molar-refractivity contribution in [3.63, 3.8) is 0 Å². The summed E-state index contributed by atoms with van der Waals surface area (Å²) in [5.41, 5.74) is 1.54. The average Bonchev–Trinajstić information content (AvgIpc) is 3.06. The number of aliphatic hydroxyl groups excluding tert-OH is 1. The number of benzene rings is 2. The minimum Gasteiger partial charge on any atom is -0.506 e. The number of esters is 1. The molecule has 1 heterocycles. The molecule has 0 aliphatic carbocycles. The third kappa shape index (κ3) is 5.49. The lowest BCUT2D eigenvalue weighted by atomic mass is 10.1. The summed E-state index contributed by atoms with van der Waals surface area (Å²) in [6.45, 7) is 6.77. The highest BCUT2D eigenvalue weighted by Gasteiger charge is 2.33. The highest BCUT2D eigenvalue weighted by Crippen LogP contribution is 2.41. The van der Waals surface area contributed by atoms with E-state index >= 15 is 0 Å². The summed E-state index contributed by atoms with van der Waals surface area (Å²) in [4.78, 5) is 17.6. The molecule has 0 saturated carbocycles. The minimum absolute atomic E-state index is 0.0675. The Labute approximate surface area is 186 Å². The molecule has 162 valence electrons. The first-order valence-electron chi connectivity index (χ1n) is 10.1. The fourth-order valence-electron chi connectivity index (χ4n) is 2.92. The number of rotatable bonds is 8. The highest BCUT2D eigenvalue weighted by atomic mass is 32.2. The number of aliphatic hydroxyl groups is 1. The van der Waals surface area contributed by atoms with Crippen molar-refractivity contribution in [3.8, 4) is 11.5 Å². The van der Waals surface area contributed by atoms with Gasteiger partial charge in [0.25, 0.3) is 0 Å². The molecule has 3 rings (SSSR count). The van der Waals surface area contributed by atoms with Gasteiger partial charge in [-0.3, -0.25) is 0 Å². The van der Waals surface area contributed by atoms with Crippen LogP contribution in [0.1, 0.15) is 26.3 Å². The maximum atomic E-state index is 12.5. The Balaban J connectivity index is 2.01. The van der Waals surface area contributed by atoms with Crippen molar-refractivity contribution in [3.05, 3.63) is 70.3 Å². The summed E-state index contributed by atoms with van der Waals surface area (Å²) in [6, 6.07) is 14.8. The van der Waals surface area contributed by atoms with Gasteiger partial charge in [0.15, 0.2) is 11.5 Å². The quantitative estimate of drug-likeness (QED) is 0.534. The SMILES string of the molecule is CCOC(=O)C1=C(O)/C(=C/c2ccc(OCC)c(OCC)c2)SC1=Nc1ccccc1. The van der Waals surface area contributed by atoms with E-state index in [1.807, 2.05) is 62.4 Å². The second-order valence-electron chi connectivity index (χ2n) is 6.38. The average molecular weight is 440 g/mol. The van der Waals surface area contributed by atoms with Gasteiger partial charge in [-0.1, -0.05) is 36.0 Å². The van der Waals surface area contributed by atoms with Crippen molar-refractivity contribution in [2.45, 2.75) is 20.8 Å². The summed E-state index contributed by atoms with van der Waals surface area (Å²) >= 11 is 1.22. The van der Waals surface area contributed by atoms with E-state index in [-0.39, 0.29) is 17.9 Å². The molecule has 0 spiro atoms. The zero-order valence-corrected chi connectivity index (χ0v) is 18.6. The molecule has 0 aromatic heterocycles. The summed E-state index contributed by atoms with van der Waals surface area (Å²) in [6.07, 6.45) is 1.78. The highest BCUT2D eigenvalue weighted by molar-refractivity contribution is 8.18. The minimum atomic E-state index is -0.604. The Kier molecular flexibility index (Phi) is 7.78. The van der Waals surface area contributed by atoms with E-state index in [1.165, 1.54) is 11.8 Å². The smallest absolute Gasteiger partial charge is 0.344 e. The number of nitrogens with zero attached hydrogens (tertiary/aromatic N) is 1. The second-order valence-corrected chi connectivity index (χ2v) is 7.41. The first-order valence-corrected chi connectivity index (χ1v) is 10.9. The molecule has 0 radical (unpaired) electrons. The number of aliphatic imine (C=N–C) groups is 1. The van der Waals surface area contributed by atoms with Crippen molar-refractivity contribution in [1.29, 1.82) is 0 Å². The first-order chi connectivity index (χ1) is 15.1. The Hall–Kier alpha value is -3.19. The van der Waals surface area contributed by atoms with Crippen molar-refractivity contribution in [2.75, 3.05) is 19.8 Å². The third-order valence-electron chi connectivity index (χ3n) is 4.22. The van der Waals surface area contributed by atoms with Crippen molar-refractivity contribution in [2.24, 2.45) is 4.99 Å². The van der Waals surface area contributed by atoms with Gasteiger partial charge in [-0.2, -0.15) is 0 Å². The molecule has 0 fully saturated rings. The van der Waals surface area contributed by atoms with E-state index in [9.17, 15) is 9.90 Å². The van der Waals surface area contributed by atoms with Crippen LogP contribution in [0.25, 0.3) is 6.08 Å². The summed E-state index contributed by atoms with van der Waals surface area (Å²) < 4.78 is 16.4. The number of hydrogen-bond acceptors (Lipinski definition) is 7. The standard InChI is InChI=1S/C24H25NO5S/c1-4-28-18-13-12-16(14-19(18)29-5-2)15-20-22(26)21(24(27)30-6-3)23(31-20)25-17-10-8-7-9-11-17/h7-15,26H,4-6H2,1-3H3/b20-15-,25-23?. The van der Waals surface area contributed by atoms with Gasteiger partial charge >= 0.3 is 5.97 Å². The maximum absolute atomic E-state index is 12.5. The lowest BCUT2D eigenvalue weighted by Crippen LogP contribution is -2.12. The van der Waals surface area contributed by atoms with Gasteiger partial charge in [0.2, 0.25) is 0 Å². The van der Waals surface area contributed by atoms with Crippen LogP contribution >= 0.6 is 11.8 Å². The van der Waals surface area contributed by atoms with Gasteiger partial charge in [0, 0.05) is 0 Å². The molecule has 0 saturated heterocycles. The number of carbonyl (C=O) groups excluding carboxylic acids is 1. The number of thioether (sulfide) groups is 1. The molecular formula is C24H25NO5S. The third-order valence-corrected chi connectivity index (χ3v) is 5.24. The summed E-state index contributed by atoms with van der Waals surface area (Å²) in [5, 5.41) is 11.2. The van der Waals surface area contributed by atoms with Crippen LogP contribution in [0.5, 0.6) is 11.5 Å². The van der Waals surface area contributed by atoms with Crippen LogP contribution in [0.3, 0.4) is 0 Å². The van der Waals surface area contributed by atoms with E-state index in [2.05, 4.69) is 4.99 Å². The van der Waals surface area contributed by atoms with Crippen LogP contribution in [-0.2, 0) is 9.53 Å². The van der Waals surface area contributed by atoms with Crippen molar-refractivity contribution < 1.29 is 24.1 Å². The van der Waals surface area contributed by atoms with E-state index in [4.69, 9.17) is 14.2 Å². The van der Waals surface area contributed by atoms with Crippen molar-refractivity contribution in [1.82, 2.24) is 0 Å². The zero-order chi connectivity index (χ0) is 22.2. The summed E-state index contributed by atoms with van der Waals surface area (Å²) in [7, 11) is 0. The molecule has 2 aromatic carbocycles. The molecule has 0 amide bonds. The molecule has 2 aromatic rings. The number of para-hydroxylation sites is 1. The number of ether oxygens (including phenoxy) is 3. The molecule has 6 nitrogen and oxygen atoms in total. The Morgan fingerprint density at radius 3 is 2.39 bits per heavy atom. The van der Waals surface area contributed by atoms with Crippen LogP contribution < -0.4 is 9.47 Å².